The Morgan fingerprint density at radius 1 is 1.16 bits per heavy atom. The van der Waals surface area contributed by atoms with Crippen molar-refractivity contribution in [3.8, 4) is 6.07 Å². The fraction of sp³-hybridized carbons (Fsp3) is 0.562. The van der Waals surface area contributed by atoms with Crippen LogP contribution in [0.4, 0.5) is 11.4 Å². The first-order valence-corrected chi connectivity index (χ1v) is 7.36. The maximum Gasteiger partial charge on any atom is 0.101 e. The van der Waals surface area contributed by atoms with Gasteiger partial charge in [0, 0.05) is 18.3 Å². The van der Waals surface area contributed by atoms with Gasteiger partial charge in [0.05, 0.1) is 11.3 Å². The normalized spacial score (nSPS) is 23.7. The molecule has 0 amide bonds. The second-order valence-corrected chi connectivity index (χ2v) is 5.83. The van der Waals surface area contributed by atoms with Crippen molar-refractivity contribution in [3.63, 3.8) is 0 Å². The van der Waals surface area contributed by atoms with Crippen molar-refractivity contribution in [2.45, 2.75) is 44.6 Å². The Morgan fingerprint density at radius 3 is 2.63 bits per heavy atom. The van der Waals surface area contributed by atoms with Crippen LogP contribution in [-0.4, -0.2) is 12.6 Å². The highest BCUT2D eigenvalue weighted by Gasteiger charge is 2.33. The second kappa shape index (κ2) is 5.13. The minimum Gasteiger partial charge on any atom is -0.398 e. The Hall–Kier alpha value is -1.69. The van der Waals surface area contributed by atoms with Gasteiger partial charge in [-0.15, -0.1) is 0 Å². The zero-order chi connectivity index (χ0) is 13.2. The summed E-state index contributed by atoms with van der Waals surface area (Å²) in [6.07, 6.45) is 8.14. The summed E-state index contributed by atoms with van der Waals surface area (Å²) in [6, 6.07) is 8.72. The molecule has 1 heterocycles. The standard InChI is InChI=1S/C16H21N3/c17-11-13-7-8-14(10-15(13)18)19-9-3-6-16(19)12-4-1-2-5-12/h7-8,10,12,16H,1-6,9,18H2. The van der Waals surface area contributed by atoms with Gasteiger partial charge in [-0.2, -0.15) is 5.26 Å². The van der Waals surface area contributed by atoms with Gasteiger partial charge in [-0.3, -0.25) is 0 Å². The van der Waals surface area contributed by atoms with Gasteiger partial charge in [-0.05, 0) is 49.8 Å². The maximum atomic E-state index is 8.96. The van der Waals surface area contributed by atoms with Crippen molar-refractivity contribution in [2.24, 2.45) is 5.92 Å². The Balaban J connectivity index is 1.84. The zero-order valence-corrected chi connectivity index (χ0v) is 11.3. The van der Waals surface area contributed by atoms with Crippen LogP contribution in [0.3, 0.4) is 0 Å². The molecular formula is C16H21N3. The molecule has 1 aromatic rings. The molecule has 2 fully saturated rings. The lowest BCUT2D eigenvalue weighted by Crippen LogP contribution is -2.34. The van der Waals surface area contributed by atoms with E-state index in [0.29, 0.717) is 17.3 Å². The van der Waals surface area contributed by atoms with Crippen molar-refractivity contribution < 1.29 is 0 Å². The molecule has 1 unspecified atom stereocenters. The number of anilines is 2. The van der Waals surface area contributed by atoms with Crippen LogP contribution in [0.5, 0.6) is 0 Å². The molecule has 0 radical (unpaired) electrons. The first kappa shape index (κ1) is 12.3. The molecule has 2 aliphatic rings. The molecular weight excluding hydrogens is 234 g/mol. The molecule has 1 aliphatic carbocycles. The van der Waals surface area contributed by atoms with Crippen LogP contribution < -0.4 is 10.6 Å². The van der Waals surface area contributed by atoms with E-state index >= 15 is 0 Å². The van der Waals surface area contributed by atoms with E-state index in [1.807, 2.05) is 12.1 Å². The van der Waals surface area contributed by atoms with E-state index in [9.17, 15) is 0 Å². The average Bonchev–Trinajstić information content (AvgIpc) is 3.09. The van der Waals surface area contributed by atoms with Gasteiger partial charge in [-0.25, -0.2) is 0 Å². The fourth-order valence-electron chi connectivity index (χ4n) is 3.78. The lowest BCUT2D eigenvalue weighted by molar-refractivity contribution is 0.431. The van der Waals surface area contributed by atoms with Crippen LogP contribution in [0.1, 0.15) is 44.1 Å². The number of rotatable bonds is 2. The summed E-state index contributed by atoms with van der Waals surface area (Å²) >= 11 is 0. The number of nitrogens with zero attached hydrogens (tertiary/aromatic N) is 2. The smallest absolute Gasteiger partial charge is 0.101 e. The van der Waals surface area contributed by atoms with E-state index in [0.717, 1.165) is 12.5 Å². The summed E-state index contributed by atoms with van der Waals surface area (Å²) in [4.78, 5) is 2.52. The predicted octanol–water partition coefficient (Wildman–Crippen LogP) is 3.30. The largest absolute Gasteiger partial charge is 0.398 e. The van der Waals surface area contributed by atoms with Crippen LogP contribution in [0, 0.1) is 17.2 Å². The van der Waals surface area contributed by atoms with E-state index in [2.05, 4.69) is 17.0 Å². The topological polar surface area (TPSA) is 53.0 Å². The molecule has 0 bridgehead atoms. The summed E-state index contributed by atoms with van der Waals surface area (Å²) in [5, 5.41) is 8.96. The highest BCUT2D eigenvalue weighted by molar-refractivity contribution is 5.64. The summed E-state index contributed by atoms with van der Waals surface area (Å²) in [6.45, 7) is 1.13. The molecule has 1 atom stereocenters. The second-order valence-electron chi connectivity index (χ2n) is 5.83. The average molecular weight is 255 g/mol. The minimum absolute atomic E-state index is 0.584. The monoisotopic (exact) mass is 255 g/mol. The number of nitrogen functional groups attached to an aromatic ring is 1. The Bertz CT molecular complexity index is 497. The molecule has 100 valence electrons. The number of nitrogens with two attached hydrogens (primary N) is 1. The van der Waals surface area contributed by atoms with Crippen molar-refractivity contribution in [3.05, 3.63) is 23.8 Å². The van der Waals surface area contributed by atoms with Gasteiger partial charge in [0.15, 0.2) is 0 Å². The molecule has 0 spiro atoms. The first-order valence-electron chi connectivity index (χ1n) is 7.36. The Labute approximate surface area is 115 Å². The van der Waals surface area contributed by atoms with E-state index in [-0.39, 0.29) is 0 Å². The van der Waals surface area contributed by atoms with Crippen molar-refractivity contribution in [1.82, 2.24) is 0 Å². The van der Waals surface area contributed by atoms with Crippen LogP contribution >= 0.6 is 0 Å². The molecule has 19 heavy (non-hydrogen) atoms. The Morgan fingerprint density at radius 2 is 1.95 bits per heavy atom. The van der Waals surface area contributed by atoms with E-state index in [4.69, 9.17) is 11.0 Å². The highest BCUT2D eigenvalue weighted by Crippen LogP contribution is 2.38. The van der Waals surface area contributed by atoms with Crippen molar-refractivity contribution in [1.29, 1.82) is 5.26 Å². The number of nitriles is 1. The number of benzene rings is 1. The van der Waals surface area contributed by atoms with Crippen LogP contribution in [0.2, 0.25) is 0 Å². The predicted molar refractivity (Wildman–Crippen MR) is 77.9 cm³/mol. The van der Waals surface area contributed by atoms with Gasteiger partial charge in [-0.1, -0.05) is 12.8 Å². The zero-order valence-electron chi connectivity index (χ0n) is 11.3. The molecule has 3 heteroatoms. The van der Waals surface area contributed by atoms with Crippen molar-refractivity contribution in [2.75, 3.05) is 17.2 Å². The number of hydrogen-bond donors (Lipinski definition) is 1. The van der Waals surface area contributed by atoms with Gasteiger partial charge in [0.25, 0.3) is 0 Å². The van der Waals surface area contributed by atoms with E-state index in [1.54, 1.807) is 0 Å². The van der Waals surface area contributed by atoms with Gasteiger partial charge in [0.1, 0.15) is 6.07 Å². The molecule has 1 aliphatic heterocycles. The molecule has 3 rings (SSSR count). The summed E-state index contributed by atoms with van der Waals surface area (Å²) in [5.41, 5.74) is 8.34. The maximum absolute atomic E-state index is 8.96. The fourth-order valence-corrected chi connectivity index (χ4v) is 3.78. The van der Waals surface area contributed by atoms with Gasteiger partial charge in [0.2, 0.25) is 0 Å². The molecule has 1 saturated carbocycles. The van der Waals surface area contributed by atoms with Crippen molar-refractivity contribution >= 4 is 11.4 Å². The molecule has 0 aromatic heterocycles. The third kappa shape index (κ3) is 2.28. The van der Waals surface area contributed by atoms with Crippen LogP contribution in [0.15, 0.2) is 18.2 Å². The van der Waals surface area contributed by atoms with Crippen LogP contribution in [0.25, 0.3) is 0 Å². The van der Waals surface area contributed by atoms with Gasteiger partial charge >= 0.3 is 0 Å². The molecule has 1 aromatic carbocycles. The molecule has 3 nitrogen and oxygen atoms in total. The highest BCUT2D eigenvalue weighted by atomic mass is 15.2. The SMILES string of the molecule is N#Cc1ccc(N2CCCC2C2CCCC2)cc1N. The summed E-state index contributed by atoms with van der Waals surface area (Å²) < 4.78 is 0. The molecule has 1 saturated heterocycles. The van der Waals surface area contributed by atoms with Gasteiger partial charge < -0.3 is 10.6 Å². The summed E-state index contributed by atoms with van der Waals surface area (Å²) in [5.74, 6) is 0.861. The third-order valence-corrected chi connectivity index (χ3v) is 4.73. The van der Waals surface area contributed by atoms with Crippen LogP contribution in [-0.2, 0) is 0 Å². The molecule has 2 N–H and O–H groups in total. The third-order valence-electron chi connectivity index (χ3n) is 4.73. The lowest BCUT2D eigenvalue weighted by Gasteiger charge is -2.31. The minimum atomic E-state index is 0.584. The number of hydrogen-bond acceptors (Lipinski definition) is 3. The van der Waals surface area contributed by atoms with E-state index in [1.165, 1.54) is 44.2 Å². The quantitative estimate of drug-likeness (QED) is 0.825. The summed E-state index contributed by atoms with van der Waals surface area (Å²) in [7, 11) is 0. The van der Waals surface area contributed by atoms with E-state index < -0.39 is 0 Å². The lowest BCUT2D eigenvalue weighted by atomic mass is 9.95. The first-order chi connectivity index (χ1) is 9.29. The Kier molecular flexibility index (Phi) is 3.33.